The van der Waals surface area contributed by atoms with Crippen LogP contribution < -0.4 is 11.1 Å². The van der Waals surface area contributed by atoms with Crippen molar-refractivity contribution >= 4 is 29.9 Å². The molecule has 3 N–H and O–H groups in total. The Bertz CT molecular complexity index is 227. The zero-order valence-electron chi connectivity index (χ0n) is 12.4. The number of unbranched alkanes of at least 4 members (excludes halogenated alkanes) is 3. The van der Waals surface area contributed by atoms with Crippen LogP contribution in [0.1, 0.15) is 51.9 Å². The van der Waals surface area contributed by atoms with Gasteiger partial charge in [0.15, 0.2) is 5.96 Å². The summed E-state index contributed by atoms with van der Waals surface area (Å²) < 4.78 is 0. The molecule has 0 unspecified atom stereocenters. The third-order valence-corrected chi connectivity index (χ3v) is 3.48. The van der Waals surface area contributed by atoms with Crippen molar-refractivity contribution < 1.29 is 0 Å². The molecule has 5 heteroatoms. The highest BCUT2D eigenvalue weighted by molar-refractivity contribution is 14.0. The van der Waals surface area contributed by atoms with Crippen LogP contribution in [0.5, 0.6) is 0 Å². The minimum Gasteiger partial charge on any atom is -0.370 e. The predicted molar refractivity (Wildman–Crippen MR) is 94.3 cm³/mol. The van der Waals surface area contributed by atoms with Gasteiger partial charge in [0.05, 0.1) is 0 Å². The van der Waals surface area contributed by atoms with Crippen molar-refractivity contribution in [3.8, 4) is 0 Å². The fourth-order valence-electron chi connectivity index (χ4n) is 2.32. The quantitative estimate of drug-likeness (QED) is 0.294. The first-order chi connectivity index (χ1) is 8.83. The summed E-state index contributed by atoms with van der Waals surface area (Å²) in [6.45, 7) is 7.59. The molecule has 0 spiro atoms. The van der Waals surface area contributed by atoms with Gasteiger partial charge < -0.3 is 16.0 Å². The third-order valence-electron chi connectivity index (χ3n) is 3.48. The molecule has 0 amide bonds. The molecule has 19 heavy (non-hydrogen) atoms. The predicted octanol–water partition coefficient (Wildman–Crippen LogP) is 2.57. The SMILES string of the molecule is CCCCCCN=C(N)NCCN1CCCCC1.I. The number of halogens is 1. The van der Waals surface area contributed by atoms with E-state index >= 15 is 0 Å². The summed E-state index contributed by atoms with van der Waals surface area (Å²) in [5.41, 5.74) is 5.82. The maximum absolute atomic E-state index is 5.82. The standard InChI is InChI=1S/C14H30N4.HI/c1-2-3-4-6-9-16-14(15)17-10-13-18-11-7-5-8-12-18;/h2-13H2,1H3,(H3,15,16,17);1H. The van der Waals surface area contributed by atoms with Crippen LogP contribution in [-0.2, 0) is 0 Å². The van der Waals surface area contributed by atoms with Gasteiger partial charge in [-0.15, -0.1) is 24.0 Å². The second-order valence-corrected chi connectivity index (χ2v) is 5.16. The van der Waals surface area contributed by atoms with Gasteiger partial charge in [0.1, 0.15) is 0 Å². The van der Waals surface area contributed by atoms with E-state index in [1.807, 2.05) is 0 Å². The van der Waals surface area contributed by atoms with Gasteiger partial charge >= 0.3 is 0 Å². The molecule has 1 aliphatic heterocycles. The Kier molecular flexibility index (Phi) is 12.9. The molecule has 0 atom stereocenters. The van der Waals surface area contributed by atoms with E-state index < -0.39 is 0 Å². The number of hydrogen-bond acceptors (Lipinski definition) is 2. The molecule has 0 aliphatic carbocycles. The molecule has 1 fully saturated rings. The van der Waals surface area contributed by atoms with Crippen LogP contribution >= 0.6 is 24.0 Å². The van der Waals surface area contributed by atoms with Crippen LogP contribution in [0.2, 0.25) is 0 Å². The van der Waals surface area contributed by atoms with Gasteiger partial charge in [0, 0.05) is 19.6 Å². The van der Waals surface area contributed by atoms with Gasteiger partial charge in [0.2, 0.25) is 0 Å². The van der Waals surface area contributed by atoms with Gasteiger partial charge in [-0.05, 0) is 32.4 Å². The molecule has 4 nitrogen and oxygen atoms in total. The van der Waals surface area contributed by atoms with Crippen LogP contribution in [0.25, 0.3) is 0 Å². The Hall–Kier alpha value is -0.0400. The maximum atomic E-state index is 5.82. The summed E-state index contributed by atoms with van der Waals surface area (Å²) in [6, 6.07) is 0. The smallest absolute Gasteiger partial charge is 0.188 e. The Morgan fingerprint density at radius 1 is 1.16 bits per heavy atom. The summed E-state index contributed by atoms with van der Waals surface area (Å²) in [6.07, 6.45) is 9.09. The van der Waals surface area contributed by atoms with E-state index in [0.29, 0.717) is 5.96 Å². The van der Waals surface area contributed by atoms with Gasteiger partial charge in [0.25, 0.3) is 0 Å². The summed E-state index contributed by atoms with van der Waals surface area (Å²) in [5.74, 6) is 0.614. The normalized spacial score (nSPS) is 17.0. The number of nitrogens with zero attached hydrogens (tertiary/aromatic N) is 2. The highest BCUT2D eigenvalue weighted by Gasteiger charge is 2.08. The van der Waals surface area contributed by atoms with Crippen molar-refractivity contribution in [3.05, 3.63) is 0 Å². The number of nitrogens with one attached hydrogen (secondary N) is 1. The Balaban J connectivity index is 0.00000324. The Morgan fingerprint density at radius 3 is 2.58 bits per heavy atom. The van der Waals surface area contributed by atoms with E-state index in [2.05, 4.69) is 22.1 Å². The highest BCUT2D eigenvalue weighted by Crippen LogP contribution is 2.07. The molecular weight excluding hydrogens is 351 g/mol. The number of nitrogens with two attached hydrogens (primary N) is 1. The van der Waals surface area contributed by atoms with Crippen molar-refractivity contribution in [2.75, 3.05) is 32.7 Å². The van der Waals surface area contributed by atoms with E-state index in [0.717, 1.165) is 26.1 Å². The Morgan fingerprint density at radius 2 is 1.89 bits per heavy atom. The zero-order chi connectivity index (χ0) is 13.1. The molecule has 1 aliphatic rings. The number of piperidine rings is 1. The maximum Gasteiger partial charge on any atom is 0.188 e. The number of hydrogen-bond donors (Lipinski definition) is 2. The molecule has 1 heterocycles. The summed E-state index contributed by atoms with van der Waals surface area (Å²) in [5, 5.41) is 3.21. The lowest BCUT2D eigenvalue weighted by atomic mass is 10.1. The minimum absolute atomic E-state index is 0. The van der Waals surface area contributed by atoms with E-state index in [9.17, 15) is 0 Å². The topological polar surface area (TPSA) is 53.6 Å². The molecule has 114 valence electrons. The first-order valence-electron chi connectivity index (χ1n) is 7.59. The summed E-state index contributed by atoms with van der Waals surface area (Å²) >= 11 is 0. The molecule has 0 saturated carbocycles. The van der Waals surface area contributed by atoms with Crippen LogP contribution in [0, 0.1) is 0 Å². The number of likely N-dealkylation sites (tertiary alicyclic amines) is 1. The average Bonchev–Trinajstić information content (AvgIpc) is 2.40. The third kappa shape index (κ3) is 10.4. The second-order valence-electron chi connectivity index (χ2n) is 5.16. The fraction of sp³-hybridized carbons (Fsp3) is 0.929. The van der Waals surface area contributed by atoms with Crippen LogP contribution in [0.15, 0.2) is 4.99 Å². The lowest BCUT2D eigenvalue weighted by Crippen LogP contribution is -2.40. The fourth-order valence-corrected chi connectivity index (χ4v) is 2.32. The van der Waals surface area contributed by atoms with Crippen molar-refractivity contribution in [2.24, 2.45) is 10.7 Å². The van der Waals surface area contributed by atoms with Crippen LogP contribution in [-0.4, -0.2) is 43.6 Å². The van der Waals surface area contributed by atoms with E-state index in [1.54, 1.807) is 0 Å². The summed E-state index contributed by atoms with van der Waals surface area (Å²) in [4.78, 5) is 6.85. The molecule has 0 aromatic rings. The zero-order valence-corrected chi connectivity index (χ0v) is 14.7. The first kappa shape index (κ1) is 19.0. The molecule has 0 radical (unpaired) electrons. The second kappa shape index (κ2) is 13.0. The molecule has 1 saturated heterocycles. The molecule has 0 bridgehead atoms. The molecule has 1 rings (SSSR count). The van der Waals surface area contributed by atoms with Gasteiger partial charge in [-0.3, -0.25) is 4.99 Å². The number of rotatable bonds is 8. The monoisotopic (exact) mass is 382 g/mol. The van der Waals surface area contributed by atoms with E-state index in [1.165, 1.54) is 51.6 Å². The average molecular weight is 382 g/mol. The van der Waals surface area contributed by atoms with E-state index in [4.69, 9.17) is 5.73 Å². The minimum atomic E-state index is 0. The highest BCUT2D eigenvalue weighted by atomic mass is 127. The van der Waals surface area contributed by atoms with Gasteiger partial charge in [-0.2, -0.15) is 0 Å². The van der Waals surface area contributed by atoms with Crippen molar-refractivity contribution in [3.63, 3.8) is 0 Å². The van der Waals surface area contributed by atoms with Crippen molar-refractivity contribution in [1.29, 1.82) is 0 Å². The molecule has 0 aromatic carbocycles. The van der Waals surface area contributed by atoms with E-state index in [-0.39, 0.29) is 24.0 Å². The molecular formula is C14H31IN4. The summed E-state index contributed by atoms with van der Waals surface area (Å²) in [7, 11) is 0. The van der Waals surface area contributed by atoms with Gasteiger partial charge in [-0.25, -0.2) is 0 Å². The Labute approximate surface area is 135 Å². The lowest BCUT2D eigenvalue weighted by molar-refractivity contribution is 0.232. The first-order valence-corrected chi connectivity index (χ1v) is 7.59. The lowest BCUT2D eigenvalue weighted by Gasteiger charge is -2.26. The van der Waals surface area contributed by atoms with Crippen molar-refractivity contribution in [2.45, 2.75) is 51.9 Å². The van der Waals surface area contributed by atoms with Crippen molar-refractivity contribution in [1.82, 2.24) is 10.2 Å². The van der Waals surface area contributed by atoms with Crippen LogP contribution in [0.4, 0.5) is 0 Å². The van der Waals surface area contributed by atoms with Gasteiger partial charge in [-0.1, -0.05) is 32.6 Å². The molecule has 0 aromatic heterocycles. The largest absolute Gasteiger partial charge is 0.370 e. The number of aliphatic imine (C=N–C) groups is 1. The number of guanidine groups is 1. The van der Waals surface area contributed by atoms with Crippen LogP contribution in [0.3, 0.4) is 0 Å².